The van der Waals surface area contributed by atoms with E-state index in [1.165, 1.54) is 17.1 Å². The summed E-state index contributed by atoms with van der Waals surface area (Å²) < 4.78 is 0. The minimum Gasteiger partial charge on any atom is -0.478 e. The Kier molecular flexibility index (Phi) is 3.75. The number of nitrogens with one attached hydrogen (secondary N) is 1. The largest absolute Gasteiger partial charge is 0.478 e. The predicted molar refractivity (Wildman–Crippen MR) is 87.8 cm³/mol. The molecule has 2 aromatic rings. The molecule has 0 bridgehead atoms. The van der Waals surface area contributed by atoms with Crippen molar-refractivity contribution in [2.75, 3.05) is 5.01 Å². The second kappa shape index (κ2) is 5.73. The van der Waals surface area contributed by atoms with Crippen molar-refractivity contribution in [2.24, 2.45) is 5.10 Å². The van der Waals surface area contributed by atoms with Crippen LogP contribution < -0.4 is 5.01 Å². The van der Waals surface area contributed by atoms with Crippen LogP contribution in [0.2, 0.25) is 5.02 Å². The van der Waals surface area contributed by atoms with Gasteiger partial charge < -0.3 is 10.1 Å². The number of aromatic nitrogens is 1. The molecule has 1 aromatic heterocycles. The molecule has 7 heteroatoms. The number of halogens is 1. The van der Waals surface area contributed by atoms with Crippen LogP contribution in [0.4, 0.5) is 5.69 Å². The van der Waals surface area contributed by atoms with Gasteiger partial charge in [0.25, 0.3) is 5.91 Å². The third-order valence-corrected chi connectivity index (χ3v) is 3.74. The summed E-state index contributed by atoms with van der Waals surface area (Å²) in [7, 11) is 0. The van der Waals surface area contributed by atoms with E-state index in [0.29, 0.717) is 17.0 Å². The summed E-state index contributed by atoms with van der Waals surface area (Å²) in [4.78, 5) is 26.7. The van der Waals surface area contributed by atoms with Crippen LogP contribution in [0, 0.1) is 0 Å². The van der Waals surface area contributed by atoms with Gasteiger partial charge in [-0.25, -0.2) is 4.79 Å². The highest BCUT2D eigenvalue weighted by molar-refractivity contribution is 6.34. The van der Waals surface area contributed by atoms with Crippen LogP contribution in [-0.2, 0) is 4.79 Å². The minimum absolute atomic E-state index is 0.0772. The Morgan fingerprint density at radius 2 is 2.17 bits per heavy atom. The number of anilines is 1. The van der Waals surface area contributed by atoms with Crippen LogP contribution in [0.25, 0.3) is 6.08 Å². The van der Waals surface area contributed by atoms with E-state index in [-0.39, 0.29) is 16.5 Å². The number of hydrogen-bond acceptors (Lipinski definition) is 3. The predicted octanol–water partition coefficient (Wildman–Crippen LogP) is 3.17. The molecule has 0 fully saturated rings. The second-order valence-electron chi connectivity index (χ2n) is 4.96. The first-order chi connectivity index (χ1) is 11.0. The number of amides is 1. The van der Waals surface area contributed by atoms with Gasteiger partial charge in [0.15, 0.2) is 0 Å². The Hall–Kier alpha value is -2.86. The van der Waals surface area contributed by atoms with Gasteiger partial charge in [-0.05, 0) is 43.3 Å². The minimum atomic E-state index is -1.16. The number of benzene rings is 1. The number of carbonyl (C=O) groups excluding carboxylic acids is 1. The van der Waals surface area contributed by atoms with Gasteiger partial charge in [-0.1, -0.05) is 11.6 Å². The van der Waals surface area contributed by atoms with Crippen molar-refractivity contribution in [1.82, 2.24) is 4.98 Å². The molecule has 1 aromatic carbocycles. The molecule has 23 heavy (non-hydrogen) atoms. The zero-order valence-corrected chi connectivity index (χ0v) is 12.8. The molecule has 2 heterocycles. The summed E-state index contributed by atoms with van der Waals surface area (Å²) in [5, 5.41) is 14.6. The van der Waals surface area contributed by atoms with Crippen LogP contribution in [0.1, 0.15) is 23.0 Å². The molecule has 0 radical (unpaired) electrons. The normalized spacial score (nSPS) is 16.1. The fourth-order valence-electron chi connectivity index (χ4n) is 2.26. The maximum absolute atomic E-state index is 12.6. The third-order valence-electron chi connectivity index (χ3n) is 3.41. The van der Waals surface area contributed by atoms with Crippen molar-refractivity contribution < 1.29 is 14.7 Å². The van der Waals surface area contributed by atoms with Crippen LogP contribution in [0.3, 0.4) is 0 Å². The standard InChI is InChI=1S/C16H12ClN3O3/c1-9-12(7-10-3-2-6-18-10)15(21)20(19-9)11-4-5-14(17)13(8-11)16(22)23/h2-8,18H,1H3,(H,22,23)/b12-7+. The quantitative estimate of drug-likeness (QED) is 0.848. The second-order valence-corrected chi connectivity index (χ2v) is 5.36. The summed E-state index contributed by atoms with van der Waals surface area (Å²) >= 11 is 5.85. The summed E-state index contributed by atoms with van der Waals surface area (Å²) in [6.45, 7) is 1.72. The summed E-state index contributed by atoms with van der Waals surface area (Å²) in [6.07, 6.45) is 3.46. The lowest BCUT2D eigenvalue weighted by Gasteiger charge is -2.12. The monoisotopic (exact) mass is 329 g/mol. The molecule has 116 valence electrons. The molecule has 2 N–H and O–H groups in total. The van der Waals surface area contributed by atoms with E-state index >= 15 is 0 Å². The van der Waals surface area contributed by atoms with Gasteiger partial charge in [0.2, 0.25) is 0 Å². The highest BCUT2D eigenvalue weighted by atomic mass is 35.5. The summed E-state index contributed by atoms with van der Waals surface area (Å²) in [6, 6.07) is 7.98. The number of nitrogens with zero attached hydrogens (tertiary/aromatic N) is 2. The number of hydrazone groups is 1. The SMILES string of the molecule is CC1=NN(c2ccc(Cl)c(C(=O)O)c2)C(=O)/C1=C/c1ccc[nH]1. The Balaban J connectivity index is 1.98. The lowest BCUT2D eigenvalue weighted by molar-refractivity contribution is -0.114. The van der Waals surface area contributed by atoms with E-state index in [0.717, 1.165) is 5.69 Å². The van der Waals surface area contributed by atoms with Gasteiger partial charge >= 0.3 is 5.97 Å². The number of rotatable bonds is 3. The fraction of sp³-hybridized carbons (Fsp3) is 0.0625. The van der Waals surface area contributed by atoms with Gasteiger partial charge in [0, 0.05) is 11.9 Å². The zero-order valence-electron chi connectivity index (χ0n) is 12.1. The molecule has 3 rings (SSSR count). The Morgan fingerprint density at radius 1 is 1.39 bits per heavy atom. The van der Waals surface area contributed by atoms with E-state index in [1.54, 1.807) is 25.3 Å². The van der Waals surface area contributed by atoms with E-state index in [2.05, 4.69) is 10.1 Å². The number of H-pyrrole nitrogens is 1. The van der Waals surface area contributed by atoms with Crippen molar-refractivity contribution in [1.29, 1.82) is 0 Å². The van der Waals surface area contributed by atoms with Crippen LogP contribution >= 0.6 is 11.6 Å². The molecule has 1 aliphatic rings. The zero-order chi connectivity index (χ0) is 16.6. The number of aromatic amines is 1. The van der Waals surface area contributed by atoms with Crippen LogP contribution in [-0.4, -0.2) is 27.7 Å². The van der Waals surface area contributed by atoms with Crippen molar-refractivity contribution in [3.05, 3.63) is 58.4 Å². The summed E-state index contributed by atoms with van der Waals surface area (Å²) in [5.74, 6) is -1.48. The Morgan fingerprint density at radius 3 is 2.83 bits per heavy atom. The molecule has 0 saturated heterocycles. The molecular formula is C16H12ClN3O3. The number of carboxylic acid groups (broad SMARTS) is 1. The van der Waals surface area contributed by atoms with Crippen molar-refractivity contribution in [3.63, 3.8) is 0 Å². The number of carbonyl (C=O) groups is 2. The molecular weight excluding hydrogens is 318 g/mol. The van der Waals surface area contributed by atoms with Gasteiger partial charge in [-0.2, -0.15) is 10.1 Å². The van der Waals surface area contributed by atoms with Crippen LogP contribution in [0.15, 0.2) is 47.2 Å². The van der Waals surface area contributed by atoms with Gasteiger partial charge in [-0.3, -0.25) is 4.79 Å². The molecule has 0 spiro atoms. The molecule has 0 saturated carbocycles. The first kappa shape index (κ1) is 15.1. The highest BCUT2D eigenvalue weighted by Crippen LogP contribution is 2.28. The smallest absolute Gasteiger partial charge is 0.337 e. The van der Waals surface area contributed by atoms with Crippen LogP contribution in [0.5, 0.6) is 0 Å². The molecule has 6 nitrogen and oxygen atoms in total. The first-order valence-corrected chi connectivity index (χ1v) is 7.13. The lowest BCUT2D eigenvalue weighted by Crippen LogP contribution is -2.21. The lowest BCUT2D eigenvalue weighted by atomic mass is 10.1. The average molecular weight is 330 g/mol. The van der Waals surface area contributed by atoms with Gasteiger partial charge in [0.05, 0.1) is 27.6 Å². The maximum atomic E-state index is 12.6. The summed E-state index contributed by atoms with van der Waals surface area (Å²) in [5.41, 5.74) is 2.06. The Bertz CT molecular complexity index is 853. The van der Waals surface area contributed by atoms with E-state index in [1.807, 2.05) is 12.1 Å². The number of carboxylic acids is 1. The molecule has 0 aliphatic carbocycles. The molecule has 0 unspecified atom stereocenters. The average Bonchev–Trinajstić information content (AvgIpc) is 3.11. The fourth-order valence-corrected chi connectivity index (χ4v) is 2.46. The molecule has 1 amide bonds. The molecule has 0 atom stereocenters. The Labute approximate surface area is 136 Å². The first-order valence-electron chi connectivity index (χ1n) is 6.75. The van der Waals surface area contributed by atoms with Crippen molar-refractivity contribution in [2.45, 2.75) is 6.92 Å². The number of aromatic carboxylic acids is 1. The molecule has 1 aliphatic heterocycles. The topological polar surface area (TPSA) is 85.8 Å². The third kappa shape index (κ3) is 2.76. The van der Waals surface area contributed by atoms with E-state index < -0.39 is 5.97 Å². The number of hydrogen-bond donors (Lipinski definition) is 2. The highest BCUT2D eigenvalue weighted by Gasteiger charge is 2.29. The maximum Gasteiger partial charge on any atom is 0.337 e. The van der Waals surface area contributed by atoms with Gasteiger partial charge in [0.1, 0.15) is 0 Å². The van der Waals surface area contributed by atoms with Crippen molar-refractivity contribution in [3.8, 4) is 0 Å². The van der Waals surface area contributed by atoms with E-state index in [4.69, 9.17) is 16.7 Å². The van der Waals surface area contributed by atoms with E-state index in [9.17, 15) is 9.59 Å². The van der Waals surface area contributed by atoms with Crippen molar-refractivity contribution >= 4 is 41.0 Å². The van der Waals surface area contributed by atoms with Gasteiger partial charge in [-0.15, -0.1) is 0 Å².